The van der Waals surface area contributed by atoms with Crippen LogP contribution in [-0.2, 0) is 14.6 Å². The monoisotopic (exact) mass is 327 g/mol. The third-order valence-corrected chi connectivity index (χ3v) is 3.65. The molecule has 2 unspecified atom stereocenters. The number of phenolic OH excluding ortho intramolecular Hbond substituents is 1. The van der Waals surface area contributed by atoms with Crippen molar-refractivity contribution in [3.63, 3.8) is 0 Å². The highest BCUT2D eigenvalue weighted by Gasteiger charge is 2.44. The maximum Gasteiger partial charge on any atom is 0.342 e. The third kappa shape index (κ3) is 3.71. The second-order valence-corrected chi connectivity index (χ2v) is 5.21. The van der Waals surface area contributed by atoms with E-state index < -0.39 is 43.2 Å². The van der Waals surface area contributed by atoms with Crippen molar-refractivity contribution in [2.24, 2.45) is 0 Å². The van der Waals surface area contributed by atoms with Gasteiger partial charge in [0, 0.05) is 5.69 Å². The van der Waals surface area contributed by atoms with Gasteiger partial charge in [-0.25, -0.2) is 4.79 Å². The van der Waals surface area contributed by atoms with E-state index in [0.29, 0.717) is 0 Å². The molecular formula is C14H19N2O7. The van der Waals surface area contributed by atoms with Crippen molar-refractivity contribution in [3.05, 3.63) is 23.8 Å². The number of aliphatic hydroxyl groups is 2. The number of likely N-dealkylation sites (N-methyl/N-ethyl adjacent to an activating group) is 1. The number of aliphatic hydroxyl groups excluding tert-OH is 2. The number of carbonyl (C=O) groups excluding carboxylic acids is 1. The summed E-state index contributed by atoms with van der Waals surface area (Å²) in [5.74, 6) is -1.20. The first-order valence-corrected chi connectivity index (χ1v) is 6.95. The Balaban J connectivity index is 2.00. The van der Waals surface area contributed by atoms with Gasteiger partial charge in [-0.05, 0) is 25.2 Å². The predicted molar refractivity (Wildman–Crippen MR) is 77.0 cm³/mol. The molecule has 0 spiro atoms. The Bertz CT molecular complexity index is 568. The minimum atomic E-state index is -1.62. The number of aromatic hydroxyl groups is 1. The number of hydrogen-bond acceptors (Lipinski definition) is 8. The number of hydrogen-bond donors (Lipinski definition) is 5. The molecule has 0 saturated carbocycles. The SMILES string of the molecule is CNC1[C@H]([O])OC(COC(=O)c2cc(N)ccc2O)[C@H](O)[C@@H]1O. The van der Waals surface area contributed by atoms with Gasteiger partial charge in [-0.3, -0.25) is 0 Å². The first kappa shape index (κ1) is 17.4. The van der Waals surface area contributed by atoms with Crippen molar-refractivity contribution >= 4 is 11.7 Å². The topological polar surface area (TPSA) is 154 Å². The van der Waals surface area contributed by atoms with Crippen LogP contribution < -0.4 is 11.1 Å². The first-order valence-electron chi connectivity index (χ1n) is 6.95. The van der Waals surface area contributed by atoms with E-state index in [9.17, 15) is 25.2 Å². The van der Waals surface area contributed by atoms with Crippen LogP contribution >= 0.6 is 0 Å². The average Bonchev–Trinajstić information content (AvgIpc) is 2.52. The summed E-state index contributed by atoms with van der Waals surface area (Å²) in [5.41, 5.74) is 5.64. The molecule has 6 N–H and O–H groups in total. The van der Waals surface area contributed by atoms with Crippen molar-refractivity contribution < 1.29 is 34.7 Å². The van der Waals surface area contributed by atoms with E-state index in [-0.39, 0.29) is 17.0 Å². The number of ether oxygens (including phenoxy) is 2. The van der Waals surface area contributed by atoms with Crippen molar-refractivity contribution in [1.82, 2.24) is 5.32 Å². The molecule has 9 heteroatoms. The molecule has 9 nitrogen and oxygen atoms in total. The molecule has 0 aromatic heterocycles. The molecule has 2 rings (SSSR count). The smallest absolute Gasteiger partial charge is 0.342 e. The molecule has 1 aliphatic heterocycles. The number of carbonyl (C=O) groups is 1. The second kappa shape index (κ2) is 7.11. The van der Waals surface area contributed by atoms with Crippen LogP contribution in [-0.4, -0.2) is 65.6 Å². The van der Waals surface area contributed by atoms with Crippen molar-refractivity contribution in [2.75, 3.05) is 19.4 Å². The summed E-state index contributed by atoms with van der Waals surface area (Å²) in [6.07, 6.45) is -5.56. The van der Waals surface area contributed by atoms with Gasteiger partial charge in [-0.2, -0.15) is 5.11 Å². The molecule has 1 fully saturated rings. The molecule has 1 saturated heterocycles. The first-order chi connectivity index (χ1) is 10.8. The summed E-state index contributed by atoms with van der Waals surface area (Å²) < 4.78 is 9.95. The van der Waals surface area contributed by atoms with Gasteiger partial charge in [0.15, 0.2) is 0 Å². The van der Waals surface area contributed by atoms with Gasteiger partial charge >= 0.3 is 5.97 Å². The molecule has 0 aliphatic carbocycles. The third-order valence-electron chi connectivity index (χ3n) is 3.65. The van der Waals surface area contributed by atoms with Crippen LogP contribution in [0.25, 0.3) is 0 Å². The number of phenols is 1. The van der Waals surface area contributed by atoms with Crippen LogP contribution in [0.4, 0.5) is 5.69 Å². The summed E-state index contributed by atoms with van der Waals surface area (Å²) in [5, 5.41) is 43.7. The van der Waals surface area contributed by atoms with E-state index in [4.69, 9.17) is 15.2 Å². The Hall–Kier alpha value is -1.91. The van der Waals surface area contributed by atoms with Crippen LogP contribution in [0.3, 0.4) is 0 Å². The fraction of sp³-hybridized carbons (Fsp3) is 0.500. The second-order valence-electron chi connectivity index (χ2n) is 5.21. The van der Waals surface area contributed by atoms with Gasteiger partial charge in [0.25, 0.3) is 0 Å². The predicted octanol–water partition coefficient (Wildman–Crippen LogP) is -1.40. The maximum atomic E-state index is 11.9. The van der Waals surface area contributed by atoms with Crippen molar-refractivity contribution in [1.29, 1.82) is 0 Å². The summed E-state index contributed by atoms with van der Waals surface area (Å²) in [4.78, 5) is 11.9. The van der Waals surface area contributed by atoms with Crippen LogP contribution in [0, 0.1) is 0 Å². The van der Waals surface area contributed by atoms with Crippen molar-refractivity contribution in [3.8, 4) is 5.75 Å². The Kier molecular flexibility index (Phi) is 5.39. The molecule has 127 valence electrons. The lowest BCUT2D eigenvalue weighted by Crippen LogP contribution is -2.62. The van der Waals surface area contributed by atoms with Gasteiger partial charge in [0.2, 0.25) is 6.29 Å². The Morgan fingerprint density at radius 2 is 2.09 bits per heavy atom. The number of nitrogen functional groups attached to an aromatic ring is 1. The number of anilines is 1. The maximum absolute atomic E-state index is 11.9. The zero-order valence-corrected chi connectivity index (χ0v) is 12.4. The number of nitrogens with one attached hydrogen (secondary N) is 1. The molecule has 0 bridgehead atoms. The van der Waals surface area contributed by atoms with Gasteiger partial charge in [0.05, 0.1) is 6.04 Å². The largest absolute Gasteiger partial charge is 0.507 e. The van der Waals surface area contributed by atoms with Crippen molar-refractivity contribution in [2.45, 2.75) is 30.6 Å². The normalized spacial score (nSPS) is 30.9. The van der Waals surface area contributed by atoms with Gasteiger partial charge < -0.3 is 35.8 Å². The van der Waals surface area contributed by atoms with Gasteiger partial charge in [-0.15, -0.1) is 0 Å². The zero-order chi connectivity index (χ0) is 17.1. The quantitative estimate of drug-likeness (QED) is 0.257. The minimum absolute atomic E-state index is 0.150. The minimum Gasteiger partial charge on any atom is -0.507 e. The molecule has 1 aliphatic rings. The molecule has 0 amide bonds. The number of benzene rings is 1. The van der Waals surface area contributed by atoms with E-state index in [1.54, 1.807) is 0 Å². The number of rotatable bonds is 4. The zero-order valence-electron chi connectivity index (χ0n) is 12.4. The highest BCUT2D eigenvalue weighted by Crippen LogP contribution is 2.23. The van der Waals surface area contributed by atoms with Crippen LogP contribution in [0.2, 0.25) is 0 Å². The highest BCUT2D eigenvalue weighted by atomic mass is 16.6. The Morgan fingerprint density at radius 1 is 1.39 bits per heavy atom. The Morgan fingerprint density at radius 3 is 2.74 bits per heavy atom. The lowest BCUT2D eigenvalue weighted by molar-refractivity contribution is -0.272. The number of esters is 1. The Labute approximate surface area is 132 Å². The van der Waals surface area contributed by atoms with E-state index in [2.05, 4.69) is 5.32 Å². The standard InChI is InChI=1S/C14H19N2O7/c1-16-10-12(19)11(18)9(23-14(10)21)5-22-13(20)7-4-6(15)2-3-8(7)17/h2-4,9-12,14,16-19H,5,15H2,1H3/t9?,10?,11-,12+,14+/m0/s1. The molecule has 1 radical (unpaired) electrons. The lowest BCUT2D eigenvalue weighted by atomic mass is 9.97. The van der Waals surface area contributed by atoms with E-state index >= 15 is 0 Å². The van der Waals surface area contributed by atoms with E-state index in [1.807, 2.05) is 0 Å². The average molecular weight is 327 g/mol. The van der Waals surface area contributed by atoms with Crippen LogP contribution in [0.15, 0.2) is 18.2 Å². The molecule has 1 heterocycles. The highest BCUT2D eigenvalue weighted by molar-refractivity contribution is 5.93. The fourth-order valence-electron chi connectivity index (χ4n) is 2.33. The molecule has 5 atom stereocenters. The lowest BCUT2D eigenvalue weighted by Gasteiger charge is -2.39. The van der Waals surface area contributed by atoms with Gasteiger partial charge in [-0.1, -0.05) is 0 Å². The molecule has 23 heavy (non-hydrogen) atoms. The van der Waals surface area contributed by atoms with Gasteiger partial charge in [0.1, 0.15) is 36.2 Å². The molecular weight excluding hydrogens is 308 g/mol. The number of nitrogens with two attached hydrogens (primary N) is 1. The van der Waals surface area contributed by atoms with E-state index in [1.165, 1.54) is 25.2 Å². The van der Waals surface area contributed by atoms with Crippen LogP contribution in [0.5, 0.6) is 5.75 Å². The summed E-state index contributed by atoms with van der Waals surface area (Å²) >= 11 is 0. The fourth-order valence-corrected chi connectivity index (χ4v) is 2.33. The summed E-state index contributed by atoms with van der Waals surface area (Å²) in [6.45, 7) is -0.458. The summed E-state index contributed by atoms with van der Waals surface area (Å²) in [7, 11) is 1.46. The molecule has 1 aromatic rings. The summed E-state index contributed by atoms with van der Waals surface area (Å²) in [6, 6.07) is 2.91. The van der Waals surface area contributed by atoms with Crippen LogP contribution in [0.1, 0.15) is 10.4 Å². The van der Waals surface area contributed by atoms with E-state index in [0.717, 1.165) is 0 Å². The molecule has 1 aromatic carbocycles.